The van der Waals surface area contributed by atoms with E-state index in [9.17, 15) is 4.79 Å². The molecular formula is C10H16O. The molecule has 0 aromatic carbocycles. The molecule has 2 aliphatic rings. The van der Waals surface area contributed by atoms with Gasteiger partial charge in [-0.25, -0.2) is 0 Å². The number of ketones is 1. The number of carbonyl (C=O) groups excluding carboxylic acids is 1. The van der Waals surface area contributed by atoms with E-state index in [-0.39, 0.29) is 0 Å². The van der Waals surface area contributed by atoms with Gasteiger partial charge in [0, 0.05) is 12.3 Å². The fourth-order valence-corrected chi connectivity index (χ4v) is 2.70. The number of hydrogen-bond acceptors (Lipinski definition) is 1. The van der Waals surface area contributed by atoms with Gasteiger partial charge in [-0.05, 0) is 31.6 Å². The van der Waals surface area contributed by atoms with E-state index in [0.717, 1.165) is 12.3 Å². The van der Waals surface area contributed by atoms with E-state index in [1.807, 2.05) is 0 Å². The van der Waals surface area contributed by atoms with Gasteiger partial charge in [-0.3, -0.25) is 4.79 Å². The van der Waals surface area contributed by atoms with Gasteiger partial charge in [-0.1, -0.05) is 12.8 Å². The van der Waals surface area contributed by atoms with Crippen LogP contribution in [-0.4, -0.2) is 5.78 Å². The van der Waals surface area contributed by atoms with Gasteiger partial charge in [-0.2, -0.15) is 0 Å². The molecule has 62 valence electrons. The maximum Gasteiger partial charge on any atom is 0.136 e. The number of Topliss-reactive ketones (excluding diaryl/α,β-unsaturated/α-hetero) is 1. The van der Waals surface area contributed by atoms with Gasteiger partial charge in [0.15, 0.2) is 0 Å². The van der Waals surface area contributed by atoms with Crippen molar-refractivity contribution < 1.29 is 4.79 Å². The summed E-state index contributed by atoms with van der Waals surface area (Å²) in [4.78, 5) is 11.4. The van der Waals surface area contributed by atoms with E-state index in [1.54, 1.807) is 0 Å². The van der Waals surface area contributed by atoms with Gasteiger partial charge in [0.25, 0.3) is 0 Å². The SMILES string of the molecule is O=C1CCC[C@@H]2CCCC[C@@H]12. The first-order valence-corrected chi connectivity index (χ1v) is 4.90. The third-order valence-electron chi connectivity index (χ3n) is 3.32. The minimum Gasteiger partial charge on any atom is -0.299 e. The topological polar surface area (TPSA) is 17.1 Å². The van der Waals surface area contributed by atoms with E-state index in [4.69, 9.17) is 0 Å². The summed E-state index contributed by atoms with van der Waals surface area (Å²) in [5.41, 5.74) is 0. The second-order valence-electron chi connectivity index (χ2n) is 4.01. The zero-order chi connectivity index (χ0) is 7.68. The monoisotopic (exact) mass is 152 g/mol. The van der Waals surface area contributed by atoms with Crippen molar-refractivity contribution in [1.29, 1.82) is 0 Å². The average Bonchev–Trinajstić information content (AvgIpc) is 2.06. The summed E-state index contributed by atoms with van der Waals surface area (Å²) < 4.78 is 0. The Hall–Kier alpha value is -0.330. The molecule has 1 heteroatoms. The first-order chi connectivity index (χ1) is 5.38. The summed E-state index contributed by atoms with van der Waals surface area (Å²) in [6, 6.07) is 0. The largest absolute Gasteiger partial charge is 0.299 e. The van der Waals surface area contributed by atoms with Crippen LogP contribution in [0.25, 0.3) is 0 Å². The molecule has 0 radical (unpaired) electrons. The average molecular weight is 152 g/mol. The predicted molar refractivity (Wildman–Crippen MR) is 44.3 cm³/mol. The third kappa shape index (κ3) is 1.33. The molecule has 0 unspecified atom stereocenters. The van der Waals surface area contributed by atoms with E-state index in [2.05, 4.69) is 0 Å². The lowest BCUT2D eigenvalue weighted by atomic mass is 9.70. The number of hydrogen-bond donors (Lipinski definition) is 0. The van der Waals surface area contributed by atoms with Crippen LogP contribution in [0.4, 0.5) is 0 Å². The molecular weight excluding hydrogens is 136 g/mol. The number of carbonyl (C=O) groups is 1. The quantitative estimate of drug-likeness (QED) is 0.521. The summed E-state index contributed by atoms with van der Waals surface area (Å²) in [7, 11) is 0. The highest BCUT2D eigenvalue weighted by atomic mass is 16.1. The lowest BCUT2D eigenvalue weighted by Gasteiger charge is -2.33. The number of rotatable bonds is 0. The van der Waals surface area contributed by atoms with Gasteiger partial charge in [0.05, 0.1) is 0 Å². The molecule has 0 saturated heterocycles. The van der Waals surface area contributed by atoms with Crippen molar-refractivity contribution in [3.8, 4) is 0 Å². The second kappa shape index (κ2) is 2.96. The lowest BCUT2D eigenvalue weighted by Crippen LogP contribution is -2.30. The zero-order valence-electron chi connectivity index (χ0n) is 7.01. The van der Waals surface area contributed by atoms with Gasteiger partial charge in [-0.15, -0.1) is 0 Å². The Balaban J connectivity index is 2.05. The summed E-state index contributed by atoms with van der Waals surface area (Å²) in [6.45, 7) is 0. The lowest BCUT2D eigenvalue weighted by molar-refractivity contribution is -0.127. The van der Waals surface area contributed by atoms with Crippen molar-refractivity contribution >= 4 is 5.78 Å². The van der Waals surface area contributed by atoms with Crippen LogP contribution in [0.3, 0.4) is 0 Å². The molecule has 0 N–H and O–H groups in total. The fraction of sp³-hybridized carbons (Fsp3) is 0.900. The first-order valence-electron chi connectivity index (χ1n) is 4.90. The van der Waals surface area contributed by atoms with Crippen molar-refractivity contribution in [3.05, 3.63) is 0 Å². The van der Waals surface area contributed by atoms with Crippen molar-refractivity contribution in [2.24, 2.45) is 11.8 Å². The van der Waals surface area contributed by atoms with Crippen LogP contribution in [0.1, 0.15) is 44.9 Å². The maximum atomic E-state index is 11.4. The molecule has 2 rings (SSSR count). The van der Waals surface area contributed by atoms with Crippen LogP contribution >= 0.6 is 0 Å². The third-order valence-corrected chi connectivity index (χ3v) is 3.32. The predicted octanol–water partition coefficient (Wildman–Crippen LogP) is 2.55. The van der Waals surface area contributed by atoms with Crippen molar-refractivity contribution in [3.63, 3.8) is 0 Å². The smallest absolute Gasteiger partial charge is 0.136 e. The molecule has 2 fully saturated rings. The van der Waals surface area contributed by atoms with Crippen LogP contribution in [0.2, 0.25) is 0 Å². The van der Waals surface area contributed by atoms with E-state index in [1.165, 1.54) is 38.5 Å². The Morgan fingerprint density at radius 3 is 2.55 bits per heavy atom. The van der Waals surface area contributed by atoms with E-state index >= 15 is 0 Å². The van der Waals surface area contributed by atoms with Crippen LogP contribution in [0.15, 0.2) is 0 Å². The Labute approximate surface area is 68.2 Å². The van der Waals surface area contributed by atoms with Gasteiger partial charge in [0.1, 0.15) is 5.78 Å². The fourth-order valence-electron chi connectivity index (χ4n) is 2.70. The normalized spacial score (nSPS) is 38.4. The summed E-state index contributed by atoms with van der Waals surface area (Å²) in [5.74, 6) is 1.84. The summed E-state index contributed by atoms with van der Waals surface area (Å²) in [6.07, 6.45) is 8.57. The minimum atomic E-state index is 0.484. The standard InChI is InChI=1S/C10H16O/c11-10-7-3-5-8-4-1-2-6-9(8)10/h8-9H,1-7H2/t8-,9+/m0/s1. The van der Waals surface area contributed by atoms with Crippen LogP contribution in [-0.2, 0) is 4.79 Å². The molecule has 0 aromatic rings. The van der Waals surface area contributed by atoms with Crippen molar-refractivity contribution in [1.82, 2.24) is 0 Å². The highest BCUT2D eigenvalue weighted by Crippen LogP contribution is 2.38. The molecule has 2 saturated carbocycles. The van der Waals surface area contributed by atoms with Crippen LogP contribution < -0.4 is 0 Å². The zero-order valence-corrected chi connectivity index (χ0v) is 7.01. The molecule has 1 nitrogen and oxygen atoms in total. The Kier molecular flexibility index (Phi) is 1.97. The highest BCUT2D eigenvalue weighted by Gasteiger charge is 2.32. The van der Waals surface area contributed by atoms with Crippen molar-refractivity contribution in [2.75, 3.05) is 0 Å². The number of fused-ring (bicyclic) bond motifs is 1. The van der Waals surface area contributed by atoms with Crippen molar-refractivity contribution in [2.45, 2.75) is 44.9 Å². The molecule has 0 amide bonds. The molecule has 0 aromatic heterocycles. The minimum absolute atomic E-state index is 0.484. The highest BCUT2D eigenvalue weighted by molar-refractivity contribution is 5.82. The molecule has 2 atom stereocenters. The maximum absolute atomic E-state index is 11.4. The second-order valence-corrected chi connectivity index (χ2v) is 4.01. The van der Waals surface area contributed by atoms with Crippen LogP contribution in [0, 0.1) is 11.8 Å². The molecule has 0 aliphatic heterocycles. The Morgan fingerprint density at radius 1 is 1.00 bits per heavy atom. The van der Waals surface area contributed by atoms with E-state index < -0.39 is 0 Å². The molecule has 0 bridgehead atoms. The van der Waals surface area contributed by atoms with Gasteiger partial charge >= 0.3 is 0 Å². The molecule has 0 heterocycles. The van der Waals surface area contributed by atoms with Crippen LogP contribution in [0.5, 0.6) is 0 Å². The van der Waals surface area contributed by atoms with Gasteiger partial charge < -0.3 is 0 Å². The molecule has 0 spiro atoms. The summed E-state index contributed by atoms with van der Waals surface area (Å²) in [5, 5.41) is 0. The first kappa shape index (κ1) is 7.33. The Bertz CT molecular complexity index is 160. The molecule has 11 heavy (non-hydrogen) atoms. The molecule has 2 aliphatic carbocycles. The van der Waals surface area contributed by atoms with E-state index in [0.29, 0.717) is 11.7 Å². The summed E-state index contributed by atoms with van der Waals surface area (Å²) >= 11 is 0. The Morgan fingerprint density at radius 2 is 1.73 bits per heavy atom. The van der Waals surface area contributed by atoms with Gasteiger partial charge in [0.2, 0.25) is 0 Å².